The zero-order valence-corrected chi connectivity index (χ0v) is 14.7. The first-order valence-corrected chi connectivity index (χ1v) is 9.13. The zero-order chi connectivity index (χ0) is 16.4. The highest BCUT2D eigenvalue weighted by Gasteiger charge is 2.26. The topological polar surface area (TPSA) is 37.3 Å². The van der Waals surface area contributed by atoms with E-state index in [0.717, 1.165) is 35.1 Å². The molecule has 0 spiro atoms. The van der Waals surface area contributed by atoms with Gasteiger partial charge in [0.25, 0.3) is 0 Å². The predicted octanol–water partition coefficient (Wildman–Crippen LogP) is 2.75. The van der Waals surface area contributed by atoms with Gasteiger partial charge in [-0.1, -0.05) is 19.9 Å². The average molecular weight is 313 g/mol. The Morgan fingerprint density at radius 2 is 2.09 bits per heavy atom. The van der Waals surface area contributed by atoms with Gasteiger partial charge in [0.15, 0.2) is 5.43 Å². The van der Waals surface area contributed by atoms with Crippen LogP contribution in [0, 0.1) is 6.92 Å². The second-order valence-electron chi connectivity index (χ2n) is 6.98. The van der Waals surface area contributed by atoms with Crippen molar-refractivity contribution >= 4 is 10.9 Å². The van der Waals surface area contributed by atoms with Crippen LogP contribution >= 0.6 is 0 Å². The first kappa shape index (κ1) is 16.3. The molecule has 1 aromatic carbocycles. The lowest BCUT2D eigenvalue weighted by Gasteiger charge is -2.32. The molecule has 0 amide bonds. The summed E-state index contributed by atoms with van der Waals surface area (Å²) in [6.45, 7) is 8.53. The number of quaternary nitrogens is 1. The summed E-state index contributed by atoms with van der Waals surface area (Å²) in [7, 11) is 0. The number of aryl methyl sites for hydroxylation is 2. The highest BCUT2D eigenvalue weighted by Crippen LogP contribution is 2.14. The number of rotatable bonds is 4. The van der Waals surface area contributed by atoms with Gasteiger partial charge in [0.05, 0.1) is 18.2 Å². The van der Waals surface area contributed by atoms with Crippen molar-refractivity contribution in [2.24, 2.45) is 0 Å². The lowest BCUT2D eigenvalue weighted by Crippen LogP contribution is -3.15. The summed E-state index contributed by atoms with van der Waals surface area (Å²) in [6, 6.07) is 6.94. The van der Waals surface area contributed by atoms with Gasteiger partial charge < -0.3 is 9.88 Å². The Morgan fingerprint density at radius 3 is 2.83 bits per heavy atom. The molecule has 0 saturated carbocycles. The maximum Gasteiger partial charge on any atom is 0.198 e. The van der Waals surface area contributed by atoms with E-state index in [0.29, 0.717) is 6.04 Å². The van der Waals surface area contributed by atoms with Crippen molar-refractivity contribution in [1.82, 2.24) is 4.98 Å². The normalized spacial score (nSPS) is 21.7. The Labute approximate surface area is 138 Å². The highest BCUT2D eigenvalue weighted by atomic mass is 16.1. The lowest BCUT2D eigenvalue weighted by atomic mass is 9.98. The predicted molar refractivity (Wildman–Crippen MR) is 96.1 cm³/mol. The molecule has 2 N–H and O–H groups in total. The van der Waals surface area contributed by atoms with Crippen LogP contribution in [0.2, 0.25) is 0 Å². The maximum atomic E-state index is 13.1. The summed E-state index contributed by atoms with van der Waals surface area (Å²) in [6.07, 6.45) is 6.11. The van der Waals surface area contributed by atoms with Gasteiger partial charge in [0.1, 0.15) is 6.54 Å². The van der Waals surface area contributed by atoms with E-state index in [1.165, 1.54) is 37.8 Å². The minimum Gasteiger partial charge on any atom is -0.358 e. The fraction of sp³-hybridized carbons (Fsp3) is 0.550. The molecule has 1 fully saturated rings. The molecule has 2 heterocycles. The molecular formula is C20H29N2O+. The molecule has 0 bridgehead atoms. The van der Waals surface area contributed by atoms with Crippen molar-refractivity contribution in [2.45, 2.75) is 65.5 Å². The van der Waals surface area contributed by atoms with Gasteiger partial charge in [-0.25, -0.2) is 0 Å². The van der Waals surface area contributed by atoms with E-state index in [2.05, 4.69) is 37.0 Å². The number of aromatic nitrogens is 1. The molecule has 0 aliphatic carbocycles. The minimum atomic E-state index is 0.236. The largest absolute Gasteiger partial charge is 0.358 e. The number of nitrogens with one attached hydrogen (secondary N) is 2. The van der Waals surface area contributed by atoms with E-state index in [-0.39, 0.29) is 5.43 Å². The van der Waals surface area contributed by atoms with Crippen LogP contribution in [-0.4, -0.2) is 17.6 Å². The molecule has 0 radical (unpaired) electrons. The van der Waals surface area contributed by atoms with Crippen molar-refractivity contribution < 1.29 is 4.90 Å². The lowest BCUT2D eigenvalue weighted by molar-refractivity contribution is -0.944. The number of benzene rings is 1. The SMILES string of the molecule is CCc1ccc2[nH]c(C)c(C[NH+]3CCCC[C@@H]3CC)c(=O)c2c1. The van der Waals surface area contributed by atoms with E-state index in [1.54, 1.807) is 4.90 Å². The van der Waals surface area contributed by atoms with Crippen LogP contribution in [-0.2, 0) is 13.0 Å². The molecule has 1 aliphatic heterocycles. The third kappa shape index (κ3) is 3.20. The van der Waals surface area contributed by atoms with E-state index in [1.807, 2.05) is 6.92 Å². The number of likely N-dealkylation sites (tertiary alicyclic amines) is 1. The van der Waals surface area contributed by atoms with Crippen LogP contribution in [0.15, 0.2) is 23.0 Å². The second-order valence-corrected chi connectivity index (χ2v) is 6.98. The number of hydrogen-bond acceptors (Lipinski definition) is 1. The molecule has 1 aliphatic rings. The van der Waals surface area contributed by atoms with Gasteiger partial charge in [-0.2, -0.15) is 0 Å². The van der Waals surface area contributed by atoms with Crippen molar-refractivity contribution in [3.05, 3.63) is 45.2 Å². The second kappa shape index (κ2) is 6.88. The van der Waals surface area contributed by atoms with Crippen LogP contribution < -0.4 is 10.3 Å². The molecule has 3 nitrogen and oxygen atoms in total. The van der Waals surface area contributed by atoms with Gasteiger partial charge in [-0.3, -0.25) is 4.79 Å². The standard InChI is InChI=1S/C20H28N2O/c1-4-15-9-10-19-17(12-15)20(23)18(14(3)21-19)13-22-11-7-6-8-16(22)5-2/h9-10,12,16H,4-8,11,13H2,1-3H3,(H,21,23)/p+1/t16-/m0/s1. The van der Waals surface area contributed by atoms with Crippen LogP contribution in [0.1, 0.15) is 56.4 Å². The molecule has 1 unspecified atom stereocenters. The Bertz CT molecular complexity index is 747. The number of pyridine rings is 1. The molecule has 1 aromatic heterocycles. The van der Waals surface area contributed by atoms with E-state index in [9.17, 15) is 4.79 Å². The molecule has 2 atom stereocenters. The number of aromatic amines is 1. The molecule has 1 saturated heterocycles. The molecule has 2 aromatic rings. The van der Waals surface area contributed by atoms with E-state index in [4.69, 9.17) is 0 Å². The number of fused-ring (bicyclic) bond motifs is 1. The van der Waals surface area contributed by atoms with Crippen molar-refractivity contribution in [3.8, 4) is 0 Å². The van der Waals surface area contributed by atoms with Crippen LogP contribution in [0.5, 0.6) is 0 Å². The summed E-state index contributed by atoms with van der Waals surface area (Å²) < 4.78 is 0. The van der Waals surface area contributed by atoms with Gasteiger partial charge in [-0.05, 0) is 56.7 Å². The third-order valence-corrected chi connectivity index (χ3v) is 5.56. The summed E-state index contributed by atoms with van der Waals surface area (Å²) >= 11 is 0. The Morgan fingerprint density at radius 1 is 1.26 bits per heavy atom. The van der Waals surface area contributed by atoms with Gasteiger partial charge >= 0.3 is 0 Å². The summed E-state index contributed by atoms with van der Waals surface area (Å²) in [5, 5.41) is 0.856. The smallest absolute Gasteiger partial charge is 0.198 e. The number of H-pyrrole nitrogens is 1. The van der Waals surface area contributed by atoms with Crippen molar-refractivity contribution in [3.63, 3.8) is 0 Å². The Kier molecular flexibility index (Phi) is 4.86. The average Bonchev–Trinajstić information content (AvgIpc) is 2.58. The first-order valence-electron chi connectivity index (χ1n) is 9.13. The molecular weight excluding hydrogens is 284 g/mol. The first-order chi connectivity index (χ1) is 11.1. The maximum absolute atomic E-state index is 13.1. The van der Waals surface area contributed by atoms with Crippen LogP contribution in [0.3, 0.4) is 0 Å². The number of hydrogen-bond donors (Lipinski definition) is 2. The van der Waals surface area contributed by atoms with Gasteiger partial charge in [-0.15, -0.1) is 0 Å². The third-order valence-electron chi connectivity index (χ3n) is 5.56. The summed E-state index contributed by atoms with van der Waals surface area (Å²) in [4.78, 5) is 18.1. The fourth-order valence-electron chi connectivity index (χ4n) is 4.03. The van der Waals surface area contributed by atoms with Crippen LogP contribution in [0.4, 0.5) is 0 Å². The quantitative estimate of drug-likeness (QED) is 0.895. The molecule has 3 heteroatoms. The highest BCUT2D eigenvalue weighted by molar-refractivity contribution is 5.80. The zero-order valence-electron chi connectivity index (χ0n) is 14.7. The molecule has 23 heavy (non-hydrogen) atoms. The van der Waals surface area contributed by atoms with Crippen LogP contribution in [0.25, 0.3) is 10.9 Å². The number of piperidine rings is 1. The van der Waals surface area contributed by atoms with Crippen molar-refractivity contribution in [1.29, 1.82) is 0 Å². The van der Waals surface area contributed by atoms with Crippen molar-refractivity contribution in [2.75, 3.05) is 6.54 Å². The monoisotopic (exact) mass is 313 g/mol. The summed E-state index contributed by atoms with van der Waals surface area (Å²) in [5.41, 5.74) is 4.46. The van der Waals surface area contributed by atoms with Gasteiger partial charge in [0.2, 0.25) is 0 Å². The molecule has 3 rings (SSSR count). The Hall–Kier alpha value is -1.61. The summed E-state index contributed by atoms with van der Waals surface area (Å²) in [5.74, 6) is 0. The fourth-order valence-corrected chi connectivity index (χ4v) is 4.03. The molecule has 124 valence electrons. The minimum absolute atomic E-state index is 0.236. The Balaban J connectivity index is 2.01. The van der Waals surface area contributed by atoms with Gasteiger partial charge in [0, 0.05) is 16.6 Å². The van der Waals surface area contributed by atoms with E-state index < -0.39 is 0 Å². The van der Waals surface area contributed by atoms with E-state index >= 15 is 0 Å².